The summed E-state index contributed by atoms with van der Waals surface area (Å²) in [6, 6.07) is 11.7. The fourth-order valence-corrected chi connectivity index (χ4v) is 3.77. The minimum atomic E-state index is -0.0330. The van der Waals surface area contributed by atoms with Crippen molar-refractivity contribution in [2.75, 3.05) is 32.8 Å². The zero-order valence-electron chi connectivity index (χ0n) is 16.0. The highest BCUT2D eigenvalue weighted by atomic mass is 16.5. The second-order valence-electron chi connectivity index (χ2n) is 7.35. The number of fused-ring (bicyclic) bond motifs is 1. The highest BCUT2D eigenvalue weighted by molar-refractivity contribution is 5.92. The number of hydrogen-bond acceptors (Lipinski definition) is 4. The molecule has 4 rings (SSSR count). The van der Waals surface area contributed by atoms with Gasteiger partial charge in [0, 0.05) is 38.4 Å². The van der Waals surface area contributed by atoms with Gasteiger partial charge in [0.05, 0.1) is 6.61 Å². The molecule has 1 saturated heterocycles. The second-order valence-corrected chi connectivity index (χ2v) is 7.35. The molecule has 1 aromatic heterocycles. The lowest BCUT2D eigenvalue weighted by Gasteiger charge is -2.34. The van der Waals surface area contributed by atoms with Crippen molar-refractivity contribution in [3.63, 3.8) is 0 Å². The Balaban J connectivity index is 1.24. The number of ether oxygens (including phenoxy) is 1. The van der Waals surface area contributed by atoms with Crippen LogP contribution >= 0.6 is 0 Å². The minimum absolute atomic E-state index is 0.0273. The van der Waals surface area contributed by atoms with Crippen LogP contribution in [0, 0.1) is 0 Å². The van der Waals surface area contributed by atoms with E-state index in [4.69, 9.17) is 4.74 Å². The molecule has 3 heterocycles. The van der Waals surface area contributed by atoms with Crippen molar-refractivity contribution in [1.82, 2.24) is 19.6 Å². The topological polar surface area (TPSA) is 67.7 Å². The summed E-state index contributed by atoms with van der Waals surface area (Å²) in [6.45, 7) is 3.52. The number of benzene rings is 1. The van der Waals surface area contributed by atoms with Gasteiger partial charge in [0.25, 0.3) is 5.91 Å². The van der Waals surface area contributed by atoms with E-state index in [1.807, 2.05) is 41.1 Å². The molecule has 2 aromatic rings. The van der Waals surface area contributed by atoms with Gasteiger partial charge >= 0.3 is 0 Å². The number of aromatic nitrogens is 2. The molecular formula is C21H26N4O3. The Hall–Kier alpha value is -2.67. The maximum absolute atomic E-state index is 12.7. The van der Waals surface area contributed by atoms with Crippen LogP contribution in [0.5, 0.6) is 0 Å². The molecule has 1 fully saturated rings. The quantitative estimate of drug-likeness (QED) is 0.790. The molecule has 28 heavy (non-hydrogen) atoms. The van der Waals surface area contributed by atoms with Gasteiger partial charge in [-0.1, -0.05) is 30.3 Å². The minimum Gasteiger partial charge on any atom is -0.367 e. The smallest absolute Gasteiger partial charge is 0.274 e. The molecule has 0 saturated carbocycles. The summed E-state index contributed by atoms with van der Waals surface area (Å²) in [7, 11) is 0. The first-order chi connectivity index (χ1) is 13.7. The highest BCUT2D eigenvalue weighted by Gasteiger charge is 2.27. The number of carbonyl (C=O) groups excluding carboxylic acids is 2. The third-order valence-corrected chi connectivity index (χ3v) is 5.39. The van der Waals surface area contributed by atoms with Crippen LogP contribution in [0.15, 0.2) is 36.4 Å². The zero-order valence-corrected chi connectivity index (χ0v) is 16.0. The molecular weight excluding hydrogens is 356 g/mol. The van der Waals surface area contributed by atoms with E-state index >= 15 is 0 Å². The molecule has 7 nitrogen and oxygen atoms in total. The van der Waals surface area contributed by atoms with Gasteiger partial charge in [-0.15, -0.1) is 0 Å². The van der Waals surface area contributed by atoms with Crippen LogP contribution in [0.4, 0.5) is 0 Å². The van der Waals surface area contributed by atoms with Gasteiger partial charge in [-0.2, -0.15) is 5.10 Å². The second kappa shape index (κ2) is 8.56. The van der Waals surface area contributed by atoms with E-state index in [1.165, 1.54) is 0 Å². The molecule has 2 amide bonds. The maximum atomic E-state index is 12.7. The zero-order chi connectivity index (χ0) is 19.3. The van der Waals surface area contributed by atoms with Crippen molar-refractivity contribution in [2.45, 2.75) is 32.4 Å². The molecule has 0 atom stereocenters. The number of nitrogens with zero attached hydrogens (tertiary/aromatic N) is 4. The fraction of sp³-hybridized carbons (Fsp3) is 0.476. The van der Waals surface area contributed by atoms with Gasteiger partial charge in [-0.3, -0.25) is 14.3 Å². The van der Waals surface area contributed by atoms with E-state index in [1.54, 1.807) is 9.80 Å². The number of rotatable bonds is 5. The van der Waals surface area contributed by atoms with E-state index in [0.29, 0.717) is 38.5 Å². The lowest BCUT2D eigenvalue weighted by atomic mass is 10.1. The summed E-state index contributed by atoms with van der Waals surface area (Å²) in [4.78, 5) is 28.7. The van der Waals surface area contributed by atoms with Crippen LogP contribution in [0.1, 0.15) is 34.6 Å². The maximum Gasteiger partial charge on any atom is 0.274 e. The summed E-state index contributed by atoms with van der Waals surface area (Å²) in [5.41, 5.74) is 2.73. The Bertz CT molecular complexity index is 802. The van der Waals surface area contributed by atoms with Gasteiger partial charge in [-0.25, -0.2) is 0 Å². The molecule has 2 aliphatic rings. The summed E-state index contributed by atoms with van der Waals surface area (Å²) >= 11 is 0. The van der Waals surface area contributed by atoms with Crippen LogP contribution in [0.3, 0.4) is 0 Å². The number of carbonyl (C=O) groups is 2. The highest BCUT2D eigenvalue weighted by Crippen LogP contribution is 2.17. The van der Waals surface area contributed by atoms with Crippen molar-refractivity contribution in [2.24, 2.45) is 0 Å². The molecule has 0 unspecified atom stereocenters. The Kier molecular flexibility index (Phi) is 5.71. The molecule has 0 bridgehead atoms. The molecule has 7 heteroatoms. The summed E-state index contributed by atoms with van der Waals surface area (Å²) in [5.74, 6) is -0.0604. The van der Waals surface area contributed by atoms with Crippen LogP contribution in [-0.2, 0) is 29.1 Å². The normalized spacial score (nSPS) is 16.7. The molecule has 0 N–H and O–H groups in total. The predicted octanol–water partition coefficient (Wildman–Crippen LogP) is 1.72. The standard InChI is InChI=1S/C21H26N4O3/c26-20(16-28-15-17-6-2-1-3-7-17)23-10-12-24(13-11-23)21(27)19-14-18-8-4-5-9-25(18)22-19/h1-3,6-7,14H,4-5,8-13,15-16H2. The Morgan fingerprint density at radius 2 is 1.71 bits per heavy atom. The van der Waals surface area contributed by atoms with Crippen molar-refractivity contribution in [3.8, 4) is 0 Å². The SMILES string of the molecule is O=C(COCc1ccccc1)N1CCN(C(=O)c2cc3n(n2)CCCC3)CC1. The van der Waals surface area contributed by atoms with Crippen molar-refractivity contribution < 1.29 is 14.3 Å². The van der Waals surface area contributed by atoms with Gasteiger partial charge in [0.1, 0.15) is 6.61 Å². The van der Waals surface area contributed by atoms with E-state index in [9.17, 15) is 9.59 Å². The van der Waals surface area contributed by atoms with Gasteiger partial charge in [0.2, 0.25) is 5.91 Å². The number of amides is 2. The first-order valence-electron chi connectivity index (χ1n) is 9.96. The van der Waals surface area contributed by atoms with E-state index < -0.39 is 0 Å². The average Bonchev–Trinajstić information content (AvgIpc) is 3.18. The predicted molar refractivity (Wildman–Crippen MR) is 104 cm³/mol. The van der Waals surface area contributed by atoms with Crippen LogP contribution < -0.4 is 0 Å². The number of hydrogen-bond donors (Lipinski definition) is 0. The van der Waals surface area contributed by atoms with E-state index in [-0.39, 0.29) is 18.4 Å². The molecule has 148 valence electrons. The van der Waals surface area contributed by atoms with E-state index in [0.717, 1.165) is 37.1 Å². The van der Waals surface area contributed by atoms with Crippen LogP contribution in [-0.4, -0.2) is 64.2 Å². The molecule has 0 aliphatic carbocycles. The van der Waals surface area contributed by atoms with Gasteiger partial charge in [0.15, 0.2) is 5.69 Å². The van der Waals surface area contributed by atoms with Gasteiger partial charge < -0.3 is 14.5 Å². The lowest BCUT2D eigenvalue weighted by Crippen LogP contribution is -2.51. The van der Waals surface area contributed by atoms with Crippen molar-refractivity contribution in [3.05, 3.63) is 53.3 Å². The Morgan fingerprint density at radius 1 is 0.964 bits per heavy atom. The average molecular weight is 382 g/mol. The fourth-order valence-electron chi connectivity index (χ4n) is 3.77. The largest absolute Gasteiger partial charge is 0.367 e. The number of piperazine rings is 1. The van der Waals surface area contributed by atoms with Crippen molar-refractivity contribution >= 4 is 11.8 Å². The first kappa shape index (κ1) is 18.7. The third kappa shape index (κ3) is 4.25. The lowest BCUT2D eigenvalue weighted by molar-refractivity contribution is -0.138. The Labute approximate surface area is 164 Å². The van der Waals surface area contributed by atoms with Crippen LogP contribution in [0.25, 0.3) is 0 Å². The Morgan fingerprint density at radius 3 is 2.46 bits per heavy atom. The van der Waals surface area contributed by atoms with Crippen LogP contribution in [0.2, 0.25) is 0 Å². The number of aryl methyl sites for hydroxylation is 2. The monoisotopic (exact) mass is 382 g/mol. The molecule has 0 radical (unpaired) electrons. The summed E-state index contributed by atoms with van der Waals surface area (Å²) in [5, 5.41) is 4.47. The summed E-state index contributed by atoms with van der Waals surface area (Å²) < 4.78 is 7.50. The van der Waals surface area contributed by atoms with Gasteiger partial charge in [-0.05, 0) is 30.9 Å². The van der Waals surface area contributed by atoms with E-state index in [2.05, 4.69) is 5.10 Å². The first-order valence-corrected chi connectivity index (χ1v) is 9.96. The van der Waals surface area contributed by atoms with Crippen molar-refractivity contribution in [1.29, 1.82) is 0 Å². The molecule has 0 spiro atoms. The summed E-state index contributed by atoms with van der Waals surface area (Å²) in [6.07, 6.45) is 3.27. The third-order valence-electron chi connectivity index (χ3n) is 5.39. The molecule has 1 aromatic carbocycles. The molecule has 2 aliphatic heterocycles.